The van der Waals surface area contributed by atoms with E-state index in [2.05, 4.69) is 0 Å². The lowest BCUT2D eigenvalue weighted by Crippen LogP contribution is -2.11. The van der Waals surface area contributed by atoms with Gasteiger partial charge in [-0.3, -0.25) is 10.1 Å². The van der Waals surface area contributed by atoms with Crippen LogP contribution in [0.3, 0.4) is 0 Å². The Morgan fingerprint density at radius 1 is 1.60 bits per heavy atom. The average Bonchev–Trinajstić information content (AvgIpc) is 2.09. The molecule has 3 N–H and O–H groups in total. The van der Waals surface area contributed by atoms with E-state index in [4.69, 9.17) is 15.6 Å². The first kappa shape index (κ1) is 11.3. The zero-order valence-electron chi connectivity index (χ0n) is 8.43. The van der Waals surface area contributed by atoms with E-state index in [1.54, 1.807) is 6.92 Å². The first-order valence-corrected chi connectivity index (χ1v) is 4.31. The topological polar surface area (TPSA) is 98.6 Å². The van der Waals surface area contributed by atoms with E-state index in [0.29, 0.717) is 11.3 Å². The van der Waals surface area contributed by atoms with E-state index in [1.165, 1.54) is 19.1 Å². The van der Waals surface area contributed by atoms with Crippen molar-refractivity contribution in [1.29, 1.82) is 0 Å². The van der Waals surface area contributed by atoms with E-state index in [-0.39, 0.29) is 11.4 Å². The molecule has 6 heteroatoms. The first-order chi connectivity index (χ1) is 6.91. The smallest absolute Gasteiger partial charge is 0.311 e. The maximum absolute atomic E-state index is 10.7. The molecule has 1 aromatic rings. The largest absolute Gasteiger partial charge is 0.458 e. The summed E-state index contributed by atoms with van der Waals surface area (Å²) >= 11 is 0. The Kier molecular flexibility index (Phi) is 3.11. The number of hydrogen-bond donors (Lipinski definition) is 2. The number of aliphatic hydroxyl groups excluding tert-OH is 1. The predicted molar refractivity (Wildman–Crippen MR) is 54.6 cm³/mol. The van der Waals surface area contributed by atoms with Gasteiger partial charge < -0.3 is 15.6 Å². The van der Waals surface area contributed by atoms with Crippen LogP contribution in [0.1, 0.15) is 12.5 Å². The van der Waals surface area contributed by atoms with E-state index < -0.39 is 11.2 Å². The number of nitrogen functional groups attached to an aromatic ring is 1. The third kappa shape index (κ3) is 2.57. The molecule has 0 heterocycles. The predicted octanol–water partition coefficient (Wildman–Crippen LogP) is 1.20. The van der Waals surface area contributed by atoms with Crippen molar-refractivity contribution in [2.75, 3.05) is 5.73 Å². The molecule has 0 bridgehead atoms. The summed E-state index contributed by atoms with van der Waals surface area (Å²) < 4.78 is 4.88. The number of benzene rings is 1. The third-order valence-corrected chi connectivity index (χ3v) is 1.84. The van der Waals surface area contributed by atoms with Crippen molar-refractivity contribution < 1.29 is 14.8 Å². The minimum Gasteiger partial charge on any atom is -0.458 e. The number of hydrogen-bond acceptors (Lipinski definition) is 5. The highest BCUT2D eigenvalue weighted by Crippen LogP contribution is 2.32. The second-order valence-corrected chi connectivity index (χ2v) is 3.15. The summed E-state index contributed by atoms with van der Waals surface area (Å²) in [6.07, 6.45) is -1.12. The highest BCUT2D eigenvalue weighted by Gasteiger charge is 2.18. The number of anilines is 1. The molecule has 15 heavy (non-hydrogen) atoms. The first-order valence-electron chi connectivity index (χ1n) is 4.31. The van der Waals surface area contributed by atoms with Crippen molar-refractivity contribution in [2.24, 2.45) is 0 Å². The summed E-state index contributed by atoms with van der Waals surface area (Å²) in [6.45, 7) is 3.02. The van der Waals surface area contributed by atoms with Crippen LogP contribution in [-0.2, 0) is 0 Å². The Hall–Kier alpha value is -1.82. The van der Waals surface area contributed by atoms with E-state index in [1.807, 2.05) is 0 Å². The normalized spacial score (nSPS) is 12.2. The van der Waals surface area contributed by atoms with Gasteiger partial charge in [0, 0.05) is 17.8 Å². The molecule has 0 aliphatic heterocycles. The van der Waals surface area contributed by atoms with Crippen LogP contribution in [0.25, 0.3) is 0 Å². The van der Waals surface area contributed by atoms with Crippen LogP contribution >= 0.6 is 0 Å². The number of ether oxygens (including phenoxy) is 1. The Balaban J connectivity index is 3.22. The number of aliphatic hydroxyl groups is 1. The van der Waals surface area contributed by atoms with Crippen LogP contribution in [0.5, 0.6) is 5.75 Å². The molecule has 0 aromatic heterocycles. The average molecular weight is 212 g/mol. The van der Waals surface area contributed by atoms with Gasteiger partial charge in [0.25, 0.3) is 0 Å². The Morgan fingerprint density at radius 3 is 2.67 bits per heavy atom. The zero-order valence-corrected chi connectivity index (χ0v) is 8.43. The van der Waals surface area contributed by atoms with Gasteiger partial charge in [-0.25, -0.2) is 0 Å². The van der Waals surface area contributed by atoms with E-state index >= 15 is 0 Å². The highest BCUT2D eigenvalue weighted by atomic mass is 16.6. The Bertz CT molecular complexity index is 390. The van der Waals surface area contributed by atoms with Crippen molar-refractivity contribution in [2.45, 2.75) is 20.1 Å². The second-order valence-electron chi connectivity index (χ2n) is 3.15. The molecule has 0 fully saturated rings. The van der Waals surface area contributed by atoms with Gasteiger partial charge >= 0.3 is 5.69 Å². The number of nitro groups is 1. The molecule has 0 aliphatic rings. The Labute approximate surface area is 86.4 Å². The molecule has 1 rings (SSSR count). The molecule has 0 saturated heterocycles. The minimum atomic E-state index is -1.12. The maximum Gasteiger partial charge on any atom is 0.311 e. The van der Waals surface area contributed by atoms with Crippen LogP contribution in [-0.4, -0.2) is 16.3 Å². The summed E-state index contributed by atoms with van der Waals surface area (Å²) in [6, 6.07) is 2.65. The molecule has 0 spiro atoms. The maximum atomic E-state index is 10.7. The summed E-state index contributed by atoms with van der Waals surface area (Å²) in [5.74, 6) is -0.0295. The molecule has 1 aromatic carbocycles. The number of nitrogens with zero attached hydrogens (tertiary/aromatic N) is 1. The minimum absolute atomic E-state index is 0.0295. The number of aryl methyl sites for hydroxylation is 1. The molecule has 0 aliphatic carbocycles. The summed E-state index contributed by atoms with van der Waals surface area (Å²) in [5.41, 5.74) is 6.36. The van der Waals surface area contributed by atoms with Gasteiger partial charge in [-0.15, -0.1) is 0 Å². The fraction of sp³-hybridized carbons (Fsp3) is 0.333. The van der Waals surface area contributed by atoms with Gasteiger partial charge in [-0.1, -0.05) is 0 Å². The van der Waals surface area contributed by atoms with Gasteiger partial charge in [0.2, 0.25) is 5.75 Å². The van der Waals surface area contributed by atoms with Gasteiger partial charge in [0.1, 0.15) is 0 Å². The third-order valence-electron chi connectivity index (χ3n) is 1.84. The van der Waals surface area contributed by atoms with Crippen LogP contribution in [0, 0.1) is 17.0 Å². The Morgan fingerprint density at radius 2 is 2.20 bits per heavy atom. The SMILES string of the molecule is Cc1cc([N+](=O)[O-])c(OC(C)O)cc1N. The summed E-state index contributed by atoms with van der Waals surface area (Å²) in [7, 11) is 0. The van der Waals surface area contributed by atoms with E-state index in [9.17, 15) is 10.1 Å². The quantitative estimate of drug-likeness (QED) is 0.339. The summed E-state index contributed by atoms with van der Waals surface area (Å²) in [4.78, 5) is 10.1. The van der Waals surface area contributed by atoms with Gasteiger partial charge in [-0.05, 0) is 19.4 Å². The highest BCUT2D eigenvalue weighted by molar-refractivity contribution is 5.60. The number of nitro benzene ring substituents is 1. The van der Waals surface area contributed by atoms with Gasteiger partial charge in [-0.2, -0.15) is 0 Å². The van der Waals surface area contributed by atoms with Crippen LogP contribution < -0.4 is 10.5 Å². The van der Waals surface area contributed by atoms with E-state index in [0.717, 1.165) is 0 Å². The fourth-order valence-electron chi connectivity index (χ4n) is 1.11. The van der Waals surface area contributed by atoms with Crippen molar-refractivity contribution in [3.63, 3.8) is 0 Å². The number of nitrogens with two attached hydrogens (primary N) is 1. The zero-order chi connectivity index (χ0) is 11.6. The van der Waals surface area contributed by atoms with Gasteiger partial charge in [0.15, 0.2) is 6.29 Å². The molecule has 1 atom stereocenters. The van der Waals surface area contributed by atoms with Crippen LogP contribution in [0.2, 0.25) is 0 Å². The van der Waals surface area contributed by atoms with Crippen LogP contribution in [0.4, 0.5) is 11.4 Å². The lowest BCUT2D eigenvalue weighted by molar-refractivity contribution is -0.386. The molecule has 82 valence electrons. The molecule has 1 unspecified atom stereocenters. The molecule has 0 radical (unpaired) electrons. The van der Waals surface area contributed by atoms with Crippen molar-refractivity contribution >= 4 is 11.4 Å². The molecular weight excluding hydrogens is 200 g/mol. The standard InChI is InChI=1S/C9H12N2O4/c1-5-3-8(11(13)14)9(4-7(5)10)15-6(2)12/h3-4,6,12H,10H2,1-2H3. The molecular formula is C9H12N2O4. The van der Waals surface area contributed by atoms with Gasteiger partial charge in [0.05, 0.1) is 4.92 Å². The summed E-state index contributed by atoms with van der Waals surface area (Å²) in [5, 5.41) is 19.7. The van der Waals surface area contributed by atoms with Crippen LogP contribution in [0.15, 0.2) is 12.1 Å². The lowest BCUT2D eigenvalue weighted by atomic mass is 10.1. The molecule has 0 saturated carbocycles. The fourth-order valence-corrected chi connectivity index (χ4v) is 1.11. The lowest BCUT2D eigenvalue weighted by Gasteiger charge is -2.10. The van der Waals surface area contributed by atoms with Crippen molar-refractivity contribution in [3.05, 3.63) is 27.8 Å². The van der Waals surface area contributed by atoms with Crippen molar-refractivity contribution in [3.8, 4) is 5.75 Å². The van der Waals surface area contributed by atoms with Crippen molar-refractivity contribution in [1.82, 2.24) is 0 Å². The molecule has 0 amide bonds. The number of rotatable bonds is 3. The second kappa shape index (κ2) is 4.14. The monoisotopic (exact) mass is 212 g/mol. The molecule has 6 nitrogen and oxygen atoms in total.